The smallest absolute Gasteiger partial charge is 0.253 e. The molecule has 1 unspecified atom stereocenters. The van der Waals surface area contributed by atoms with Crippen molar-refractivity contribution in [2.45, 2.75) is 13.0 Å². The molecule has 1 atom stereocenters. The lowest BCUT2D eigenvalue weighted by Gasteiger charge is -2.11. The van der Waals surface area contributed by atoms with Gasteiger partial charge in [0.25, 0.3) is 5.91 Å². The van der Waals surface area contributed by atoms with Crippen LogP contribution in [0.5, 0.6) is 0 Å². The minimum Gasteiger partial charge on any atom is -0.345 e. The second kappa shape index (κ2) is 4.85. The predicted molar refractivity (Wildman–Crippen MR) is 76.3 cm³/mol. The molecule has 19 heavy (non-hydrogen) atoms. The van der Waals surface area contributed by atoms with Crippen molar-refractivity contribution in [3.8, 4) is 0 Å². The Morgan fingerprint density at radius 2 is 2.26 bits per heavy atom. The number of hydrogen-bond acceptors (Lipinski definition) is 3. The second-order valence-corrected chi connectivity index (χ2v) is 5.28. The van der Waals surface area contributed by atoms with Gasteiger partial charge in [-0.2, -0.15) is 5.10 Å². The van der Waals surface area contributed by atoms with Crippen LogP contribution < -0.4 is 5.32 Å². The van der Waals surface area contributed by atoms with E-state index in [9.17, 15) is 4.79 Å². The lowest BCUT2D eigenvalue weighted by atomic mass is 10.1. The molecule has 5 heteroatoms. The molecule has 2 heterocycles. The van der Waals surface area contributed by atoms with E-state index in [2.05, 4.69) is 15.5 Å². The van der Waals surface area contributed by atoms with Crippen molar-refractivity contribution < 1.29 is 4.79 Å². The number of H-pyrrole nitrogens is 1. The minimum atomic E-state index is -0.0649. The maximum Gasteiger partial charge on any atom is 0.253 e. The summed E-state index contributed by atoms with van der Waals surface area (Å²) in [6.07, 6.45) is 3.51. The number of hydrogen-bond donors (Lipinski definition) is 2. The molecule has 0 saturated carbocycles. The Hall–Kier alpha value is -2.14. The van der Waals surface area contributed by atoms with Crippen LogP contribution >= 0.6 is 11.3 Å². The normalized spacial score (nSPS) is 12.5. The zero-order valence-corrected chi connectivity index (χ0v) is 11.2. The Bertz CT molecular complexity index is 702. The third-order valence-corrected chi connectivity index (χ3v) is 4.06. The van der Waals surface area contributed by atoms with Crippen molar-refractivity contribution in [1.29, 1.82) is 0 Å². The molecule has 0 aliphatic carbocycles. The number of amides is 1. The molecule has 2 aromatic heterocycles. The van der Waals surface area contributed by atoms with E-state index in [-0.39, 0.29) is 11.9 Å². The summed E-state index contributed by atoms with van der Waals surface area (Å²) in [5, 5.41) is 12.5. The van der Waals surface area contributed by atoms with Gasteiger partial charge in [-0.15, -0.1) is 11.3 Å². The first-order valence-corrected chi connectivity index (χ1v) is 6.89. The van der Waals surface area contributed by atoms with Gasteiger partial charge in [0.1, 0.15) is 0 Å². The maximum absolute atomic E-state index is 12.3. The number of carbonyl (C=O) groups excluding carboxylic acids is 1. The summed E-state index contributed by atoms with van der Waals surface area (Å²) in [5.74, 6) is -0.0499. The van der Waals surface area contributed by atoms with Gasteiger partial charge in [0.2, 0.25) is 0 Å². The fourth-order valence-corrected chi connectivity index (χ4v) is 2.95. The first-order valence-electron chi connectivity index (χ1n) is 6.01. The summed E-state index contributed by atoms with van der Waals surface area (Å²) >= 11 is 1.59. The van der Waals surface area contributed by atoms with Crippen LogP contribution in [0.1, 0.15) is 28.9 Å². The maximum atomic E-state index is 12.3. The highest BCUT2D eigenvalue weighted by atomic mass is 32.1. The average Bonchev–Trinajstić information content (AvgIpc) is 3.08. The van der Waals surface area contributed by atoms with Gasteiger partial charge in [0.15, 0.2) is 0 Å². The topological polar surface area (TPSA) is 57.8 Å². The number of thiophene rings is 1. The summed E-state index contributed by atoms with van der Waals surface area (Å²) in [4.78, 5) is 12.3. The Balaban J connectivity index is 1.84. The summed E-state index contributed by atoms with van der Waals surface area (Å²) in [6.45, 7) is 1.94. The monoisotopic (exact) mass is 271 g/mol. The standard InChI is InChI=1S/C14H13N3OS/c1-9(10-6-15-16-7-10)17-14(18)12-8-19-13-5-3-2-4-11(12)13/h2-9H,1H3,(H,15,16)(H,17,18). The van der Waals surface area contributed by atoms with Crippen LogP contribution in [0.2, 0.25) is 0 Å². The number of carbonyl (C=O) groups is 1. The quantitative estimate of drug-likeness (QED) is 0.769. The summed E-state index contributed by atoms with van der Waals surface area (Å²) in [5.41, 5.74) is 1.70. The molecule has 3 aromatic rings. The highest BCUT2D eigenvalue weighted by Crippen LogP contribution is 2.26. The molecule has 96 valence electrons. The molecule has 0 bridgehead atoms. The lowest BCUT2D eigenvalue weighted by Crippen LogP contribution is -2.26. The van der Waals surface area contributed by atoms with Crippen molar-refractivity contribution in [2.75, 3.05) is 0 Å². The van der Waals surface area contributed by atoms with E-state index in [1.54, 1.807) is 23.7 Å². The number of nitrogens with one attached hydrogen (secondary N) is 2. The van der Waals surface area contributed by atoms with Crippen LogP contribution in [-0.4, -0.2) is 16.1 Å². The van der Waals surface area contributed by atoms with Crippen LogP contribution in [0.15, 0.2) is 42.0 Å². The van der Waals surface area contributed by atoms with Crippen LogP contribution in [0.3, 0.4) is 0 Å². The van der Waals surface area contributed by atoms with E-state index in [1.807, 2.05) is 36.6 Å². The van der Waals surface area contributed by atoms with Crippen molar-refractivity contribution in [2.24, 2.45) is 0 Å². The highest BCUT2D eigenvalue weighted by Gasteiger charge is 2.15. The van der Waals surface area contributed by atoms with Crippen molar-refractivity contribution >= 4 is 27.3 Å². The third-order valence-electron chi connectivity index (χ3n) is 3.09. The van der Waals surface area contributed by atoms with Gasteiger partial charge in [0.05, 0.1) is 17.8 Å². The Kier molecular flexibility index (Phi) is 3.05. The van der Waals surface area contributed by atoms with Crippen LogP contribution in [0.4, 0.5) is 0 Å². The highest BCUT2D eigenvalue weighted by molar-refractivity contribution is 7.17. The Labute approximate surface area is 114 Å². The molecule has 2 N–H and O–H groups in total. The molecule has 0 radical (unpaired) electrons. The number of aromatic amines is 1. The van der Waals surface area contributed by atoms with Crippen molar-refractivity contribution in [3.63, 3.8) is 0 Å². The fraction of sp³-hybridized carbons (Fsp3) is 0.143. The van der Waals surface area contributed by atoms with Crippen molar-refractivity contribution in [1.82, 2.24) is 15.5 Å². The van der Waals surface area contributed by atoms with E-state index < -0.39 is 0 Å². The molecule has 4 nitrogen and oxygen atoms in total. The molecule has 3 rings (SSSR count). The SMILES string of the molecule is CC(NC(=O)c1csc2ccccc12)c1cn[nH]c1. The van der Waals surface area contributed by atoms with Gasteiger partial charge < -0.3 is 5.32 Å². The fourth-order valence-electron chi connectivity index (χ4n) is 2.01. The number of nitrogens with zero attached hydrogens (tertiary/aromatic N) is 1. The summed E-state index contributed by atoms with van der Waals surface area (Å²) in [7, 11) is 0. The molecule has 1 amide bonds. The molecular formula is C14H13N3OS. The van der Waals surface area contributed by atoms with Crippen LogP contribution in [0.25, 0.3) is 10.1 Å². The Morgan fingerprint density at radius 3 is 3.05 bits per heavy atom. The molecule has 0 fully saturated rings. The number of benzene rings is 1. The second-order valence-electron chi connectivity index (χ2n) is 4.37. The average molecular weight is 271 g/mol. The van der Waals surface area contributed by atoms with Crippen molar-refractivity contribution in [3.05, 3.63) is 53.2 Å². The van der Waals surface area contributed by atoms with Crippen LogP contribution in [0, 0.1) is 0 Å². The van der Waals surface area contributed by atoms with Gasteiger partial charge in [-0.05, 0) is 13.0 Å². The van der Waals surface area contributed by atoms with Gasteiger partial charge in [0, 0.05) is 27.2 Å². The minimum absolute atomic E-state index is 0.0499. The summed E-state index contributed by atoms with van der Waals surface area (Å²) in [6, 6.07) is 7.87. The molecule has 0 saturated heterocycles. The zero-order valence-electron chi connectivity index (χ0n) is 10.4. The third kappa shape index (κ3) is 2.24. The zero-order chi connectivity index (χ0) is 13.2. The van der Waals surface area contributed by atoms with Gasteiger partial charge in [-0.1, -0.05) is 18.2 Å². The summed E-state index contributed by atoms with van der Waals surface area (Å²) < 4.78 is 1.13. The first kappa shape index (κ1) is 11.9. The largest absolute Gasteiger partial charge is 0.345 e. The van der Waals surface area contributed by atoms with E-state index in [0.717, 1.165) is 21.2 Å². The predicted octanol–water partition coefficient (Wildman–Crippen LogP) is 3.12. The molecular weight excluding hydrogens is 258 g/mol. The van der Waals surface area contributed by atoms with E-state index >= 15 is 0 Å². The molecule has 0 aliphatic heterocycles. The molecule has 0 aliphatic rings. The molecule has 1 aromatic carbocycles. The number of rotatable bonds is 3. The number of fused-ring (bicyclic) bond motifs is 1. The van der Waals surface area contributed by atoms with E-state index in [0.29, 0.717) is 0 Å². The van der Waals surface area contributed by atoms with E-state index in [1.165, 1.54) is 0 Å². The van der Waals surface area contributed by atoms with Gasteiger partial charge in [-0.3, -0.25) is 9.89 Å². The molecule has 0 spiro atoms. The lowest BCUT2D eigenvalue weighted by molar-refractivity contribution is 0.0942. The van der Waals surface area contributed by atoms with Gasteiger partial charge >= 0.3 is 0 Å². The first-order chi connectivity index (χ1) is 9.25. The number of aromatic nitrogens is 2. The van der Waals surface area contributed by atoms with Gasteiger partial charge in [-0.25, -0.2) is 0 Å². The Morgan fingerprint density at radius 1 is 1.42 bits per heavy atom. The van der Waals surface area contributed by atoms with E-state index in [4.69, 9.17) is 0 Å². The van der Waals surface area contributed by atoms with Crippen LogP contribution in [-0.2, 0) is 0 Å².